The molecule has 0 aliphatic carbocycles. The Balaban J connectivity index is 0. The Labute approximate surface area is 125 Å². The van der Waals surface area contributed by atoms with E-state index in [0.29, 0.717) is 0 Å². The summed E-state index contributed by atoms with van der Waals surface area (Å²) in [6, 6.07) is 0. The molecule has 0 bridgehead atoms. The Kier molecular flexibility index (Phi) is 2370. The first-order chi connectivity index (χ1) is 0. The largest absolute Gasteiger partial charge is 3.00 e. The molecule has 0 heterocycles. The molecule has 0 fully saturated rings. The zero-order valence-corrected chi connectivity index (χ0v) is 11.4. The van der Waals surface area contributed by atoms with Crippen LogP contribution in [-0.2, 0) is 0 Å². The van der Waals surface area contributed by atoms with Gasteiger partial charge in [-0.25, -0.2) is 0 Å². The van der Waals surface area contributed by atoms with Crippen LogP contribution >= 0.6 is 0 Å². The fourth-order valence-electron chi connectivity index (χ4n) is 0. The third kappa shape index (κ3) is 103. The van der Waals surface area contributed by atoms with Crippen LogP contribution in [0.25, 0.3) is 0 Å². The number of hydrogen-bond donors (Lipinski definition) is 0. The van der Waals surface area contributed by atoms with E-state index in [9.17, 15) is 0 Å². The average Bonchev–Trinajstić information content (AvgIpc) is 0. The van der Waals surface area contributed by atoms with Crippen molar-refractivity contribution >= 4 is 23.1 Å². The van der Waals surface area contributed by atoms with Gasteiger partial charge in [0.15, 0.2) is 0 Å². The van der Waals surface area contributed by atoms with Gasteiger partial charge in [0, 0.05) is 0 Å². The Morgan fingerprint density at radius 3 is 0.444 bits per heavy atom. The van der Waals surface area contributed by atoms with Crippen LogP contribution in [0.15, 0.2) is 0 Å². The first-order valence-electron chi connectivity index (χ1n) is 0. The van der Waals surface area contributed by atoms with Crippen LogP contribution in [0.4, 0.5) is 0 Å². The van der Waals surface area contributed by atoms with Crippen molar-refractivity contribution in [1.29, 1.82) is 0 Å². The fraction of sp³-hybridized carbons (Fsp3) is 0. The molecule has 9 heteroatoms. The van der Waals surface area contributed by atoms with Crippen molar-refractivity contribution in [3.8, 4) is 0 Å². The van der Waals surface area contributed by atoms with E-state index < -0.39 is 0 Å². The maximum atomic E-state index is 0. The van der Waals surface area contributed by atoms with Crippen LogP contribution in [0.2, 0.25) is 0 Å². The van der Waals surface area contributed by atoms with Gasteiger partial charge in [0.2, 0.25) is 0 Å². The maximum absolute atomic E-state index is 0. The molecule has 0 spiro atoms. The Morgan fingerprint density at radius 1 is 0.444 bits per heavy atom. The minimum absolute atomic E-state index is 0. The van der Waals surface area contributed by atoms with Crippen molar-refractivity contribution in [3.63, 3.8) is 0 Å². The Bertz CT molecular complexity index is 13.0. The molecular weight excluding hydrogens is 283 g/mol. The molecule has 6 nitrogen and oxygen atoms in total. The molecule has 6 N–H and O–H groups in total. The molecule has 0 rings (SSSR count). The van der Waals surface area contributed by atoms with Gasteiger partial charge < -0.3 is 32.9 Å². The first kappa shape index (κ1) is 168. The van der Waals surface area contributed by atoms with Gasteiger partial charge >= 0.3 is 94.4 Å². The van der Waals surface area contributed by atoms with E-state index in [1.165, 1.54) is 0 Å². The SMILES string of the molecule is [Ce+3].[Mg+2].[Na+].[OH-].[OH-].[OH-].[OH-].[OH-].[OH-]. The molecule has 0 aromatic carbocycles. The van der Waals surface area contributed by atoms with Gasteiger partial charge in [-0.3, -0.25) is 0 Å². The van der Waals surface area contributed by atoms with Crippen molar-refractivity contribution in [2.24, 2.45) is 0 Å². The zero-order chi connectivity index (χ0) is 0. The summed E-state index contributed by atoms with van der Waals surface area (Å²) in [6.07, 6.45) is 0. The van der Waals surface area contributed by atoms with Crippen molar-refractivity contribution < 1.29 is 104 Å². The second-order valence-electron chi connectivity index (χ2n) is 0. The molecule has 9 heavy (non-hydrogen) atoms. The van der Waals surface area contributed by atoms with E-state index in [2.05, 4.69) is 0 Å². The van der Waals surface area contributed by atoms with Crippen LogP contribution in [0.3, 0.4) is 0 Å². The molecule has 0 amide bonds. The van der Waals surface area contributed by atoms with Gasteiger partial charge in [0.25, 0.3) is 0 Å². The summed E-state index contributed by atoms with van der Waals surface area (Å²) < 4.78 is 0. The summed E-state index contributed by atoms with van der Waals surface area (Å²) in [6.45, 7) is 0. The number of rotatable bonds is 0. The molecule has 0 aliphatic heterocycles. The molecule has 0 aromatic heterocycles. The summed E-state index contributed by atoms with van der Waals surface area (Å²) in [5.74, 6) is 0. The molecule has 0 unspecified atom stereocenters. The molecule has 0 saturated carbocycles. The van der Waals surface area contributed by atoms with Gasteiger partial charge in [0.05, 0.1) is 0 Å². The topological polar surface area (TPSA) is 180 Å². The number of hydrogen-bond acceptors (Lipinski definition) is 6. The van der Waals surface area contributed by atoms with Crippen LogP contribution < -0.4 is 29.6 Å². The van der Waals surface area contributed by atoms with Crippen molar-refractivity contribution in [2.75, 3.05) is 0 Å². The van der Waals surface area contributed by atoms with Gasteiger partial charge in [-0.15, -0.1) is 0 Å². The van der Waals surface area contributed by atoms with E-state index in [1.54, 1.807) is 0 Å². The Morgan fingerprint density at radius 2 is 0.444 bits per heavy atom. The summed E-state index contributed by atoms with van der Waals surface area (Å²) in [7, 11) is 0. The van der Waals surface area contributed by atoms with Crippen molar-refractivity contribution in [3.05, 3.63) is 0 Å². The van der Waals surface area contributed by atoms with Crippen molar-refractivity contribution in [2.45, 2.75) is 0 Å². The molecule has 0 aliphatic rings. The third-order valence-corrected chi connectivity index (χ3v) is 0. The first-order valence-corrected chi connectivity index (χ1v) is 0. The van der Waals surface area contributed by atoms with E-state index in [1.807, 2.05) is 0 Å². The van der Waals surface area contributed by atoms with Gasteiger partial charge in [-0.2, -0.15) is 0 Å². The monoisotopic (exact) mass is 289 g/mol. The molecule has 0 atom stereocenters. The quantitative estimate of drug-likeness (QED) is 0.405. The van der Waals surface area contributed by atoms with Crippen LogP contribution in [-0.4, -0.2) is 55.9 Å². The van der Waals surface area contributed by atoms with Gasteiger partial charge in [-0.05, 0) is 0 Å². The predicted molar refractivity (Wildman–Crippen MR) is 17.4 cm³/mol. The van der Waals surface area contributed by atoms with E-state index in [-0.39, 0.29) is 127 Å². The van der Waals surface area contributed by atoms with E-state index in [0.717, 1.165) is 0 Å². The molecular formula is H6CeMgNaO6. The summed E-state index contributed by atoms with van der Waals surface area (Å²) >= 11 is 0. The summed E-state index contributed by atoms with van der Waals surface area (Å²) in [5.41, 5.74) is 0. The van der Waals surface area contributed by atoms with Crippen LogP contribution in [0.5, 0.6) is 0 Å². The average molecular weight is 289 g/mol. The second-order valence-corrected chi connectivity index (χ2v) is 0. The normalized spacial score (nSPS) is 0. The van der Waals surface area contributed by atoms with Crippen LogP contribution in [0.1, 0.15) is 0 Å². The van der Waals surface area contributed by atoms with Gasteiger partial charge in [-0.1, -0.05) is 0 Å². The third-order valence-electron chi connectivity index (χ3n) is 0. The standard InChI is InChI=1S/Ce.Mg.Na.6H2O/h;;;6*1H2/q+3;+2;+1;;;;;;/p-6. The minimum Gasteiger partial charge on any atom is -0.870 e. The Hall–Kier alpha value is 2.90. The maximum Gasteiger partial charge on any atom is 3.00 e. The molecule has 0 aromatic rings. The molecule has 1 radical (unpaired) electrons. The molecule has 0 saturated heterocycles. The minimum atomic E-state index is 0. The van der Waals surface area contributed by atoms with E-state index in [4.69, 9.17) is 0 Å². The molecule has 49 valence electrons. The van der Waals surface area contributed by atoms with Crippen LogP contribution in [0, 0.1) is 41.7 Å². The summed E-state index contributed by atoms with van der Waals surface area (Å²) in [4.78, 5) is 0. The fourth-order valence-corrected chi connectivity index (χ4v) is 0. The van der Waals surface area contributed by atoms with Gasteiger partial charge in [0.1, 0.15) is 0 Å². The van der Waals surface area contributed by atoms with Crippen molar-refractivity contribution in [1.82, 2.24) is 0 Å². The smallest absolute Gasteiger partial charge is 0.870 e. The predicted octanol–water partition coefficient (Wildman–Crippen LogP) is -4.44. The second kappa shape index (κ2) is 127. The summed E-state index contributed by atoms with van der Waals surface area (Å²) in [5, 5.41) is 0. The zero-order valence-electron chi connectivity index (χ0n) is 4.89. The van der Waals surface area contributed by atoms with E-state index >= 15 is 0 Å².